The Labute approximate surface area is 161 Å². The van der Waals surface area contributed by atoms with Crippen LogP contribution in [0.25, 0.3) is 11.0 Å². The number of aromatic nitrogens is 4. The minimum atomic E-state index is -0.651. The highest BCUT2D eigenvalue weighted by Crippen LogP contribution is 2.19. The smallest absolute Gasteiger partial charge is 0.284 e. The van der Waals surface area contributed by atoms with Crippen LogP contribution in [0.4, 0.5) is 0 Å². The van der Waals surface area contributed by atoms with E-state index in [0.717, 1.165) is 38.3 Å². The summed E-state index contributed by atoms with van der Waals surface area (Å²) in [4.78, 5) is 40.8. The summed E-state index contributed by atoms with van der Waals surface area (Å²) in [6.07, 6.45) is 5.76. The lowest BCUT2D eigenvalue weighted by molar-refractivity contribution is 0.0930. The SMILES string of the molecule is NC(=O)c1nc2c(C(=O)NCC3CCCN(Cc4ncc[nH]4)C3)cccc2[nH]1. The lowest BCUT2D eigenvalue weighted by Crippen LogP contribution is -2.40. The molecule has 2 aromatic heterocycles. The summed E-state index contributed by atoms with van der Waals surface area (Å²) in [5.74, 6) is 0.543. The number of H-pyrrole nitrogens is 2. The molecule has 1 atom stereocenters. The first kappa shape index (κ1) is 18.2. The maximum atomic E-state index is 12.7. The third kappa shape index (κ3) is 3.89. The summed E-state index contributed by atoms with van der Waals surface area (Å²) in [5.41, 5.74) is 6.78. The van der Waals surface area contributed by atoms with Crippen LogP contribution in [0, 0.1) is 5.92 Å². The van der Waals surface area contributed by atoms with E-state index in [1.165, 1.54) is 0 Å². The first-order chi connectivity index (χ1) is 13.6. The third-order valence-electron chi connectivity index (χ3n) is 5.07. The number of hydrogen-bond donors (Lipinski definition) is 4. The van der Waals surface area contributed by atoms with Crippen molar-refractivity contribution in [1.29, 1.82) is 0 Å². The molecule has 9 nitrogen and oxygen atoms in total. The molecule has 5 N–H and O–H groups in total. The van der Waals surface area contributed by atoms with Gasteiger partial charge in [0.2, 0.25) is 0 Å². The van der Waals surface area contributed by atoms with Crippen molar-refractivity contribution in [3.8, 4) is 0 Å². The number of hydrogen-bond acceptors (Lipinski definition) is 5. The van der Waals surface area contributed by atoms with E-state index in [4.69, 9.17) is 5.73 Å². The maximum absolute atomic E-state index is 12.7. The molecule has 2 amide bonds. The van der Waals surface area contributed by atoms with Crippen LogP contribution < -0.4 is 11.1 Å². The Bertz CT molecular complexity index is 980. The summed E-state index contributed by atoms with van der Waals surface area (Å²) in [6.45, 7) is 3.34. The van der Waals surface area contributed by atoms with Crippen LogP contribution in [0.3, 0.4) is 0 Å². The van der Waals surface area contributed by atoms with E-state index in [9.17, 15) is 9.59 Å². The number of fused-ring (bicyclic) bond motifs is 1. The highest BCUT2D eigenvalue weighted by atomic mass is 16.2. The maximum Gasteiger partial charge on any atom is 0.284 e. The second kappa shape index (κ2) is 7.81. The summed E-state index contributed by atoms with van der Waals surface area (Å²) < 4.78 is 0. The van der Waals surface area contributed by atoms with E-state index < -0.39 is 5.91 Å². The molecule has 3 aromatic rings. The van der Waals surface area contributed by atoms with Crippen molar-refractivity contribution in [3.05, 3.63) is 47.8 Å². The number of amides is 2. The van der Waals surface area contributed by atoms with Crippen molar-refractivity contribution in [1.82, 2.24) is 30.2 Å². The first-order valence-corrected chi connectivity index (χ1v) is 9.37. The molecule has 146 valence electrons. The van der Waals surface area contributed by atoms with Crippen LogP contribution in [0.1, 0.15) is 39.6 Å². The zero-order valence-electron chi connectivity index (χ0n) is 15.4. The molecule has 1 saturated heterocycles. The number of para-hydroxylation sites is 1. The first-order valence-electron chi connectivity index (χ1n) is 9.37. The fourth-order valence-corrected chi connectivity index (χ4v) is 3.72. The number of nitrogens with zero attached hydrogens (tertiary/aromatic N) is 3. The topological polar surface area (TPSA) is 133 Å². The van der Waals surface area contributed by atoms with E-state index >= 15 is 0 Å². The van der Waals surface area contributed by atoms with Gasteiger partial charge in [0, 0.05) is 25.5 Å². The van der Waals surface area contributed by atoms with E-state index in [1.54, 1.807) is 24.4 Å². The monoisotopic (exact) mass is 381 g/mol. The number of nitrogens with one attached hydrogen (secondary N) is 3. The highest BCUT2D eigenvalue weighted by molar-refractivity contribution is 6.06. The van der Waals surface area contributed by atoms with E-state index in [0.29, 0.717) is 29.1 Å². The predicted octanol–water partition coefficient (Wildman–Crippen LogP) is 1.03. The van der Waals surface area contributed by atoms with Crippen molar-refractivity contribution in [2.24, 2.45) is 11.7 Å². The number of nitrogens with two attached hydrogens (primary N) is 1. The summed E-state index contributed by atoms with van der Waals surface area (Å²) >= 11 is 0. The third-order valence-corrected chi connectivity index (χ3v) is 5.07. The normalized spacial score (nSPS) is 17.6. The van der Waals surface area contributed by atoms with Gasteiger partial charge in [0.15, 0.2) is 5.82 Å². The quantitative estimate of drug-likeness (QED) is 0.506. The Morgan fingerprint density at radius 2 is 2.25 bits per heavy atom. The van der Waals surface area contributed by atoms with Crippen LogP contribution >= 0.6 is 0 Å². The molecule has 1 fully saturated rings. The fourth-order valence-electron chi connectivity index (χ4n) is 3.72. The molecular formula is C19H23N7O2. The number of piperidine rings is 1. The zero-order chi connectivity index (χ0) is 19.5. The number of benzene rings is 1. The Morgan fingerprint density at radius 1 is 1.36 bits per heavy atom. The summed E-state index contributed by atoms with van der Waals surface area (Å²) in [7, 11) is 0. The second-order valence-corrected chi connectivity index (χ2v) is 7.14. The largest absolute Gasteiger partial charge is 0.363 e. The molecule has 3 heterocycles. The average Bonchev–Trinajstić information content (AvgIpc) is 3.35. The van der Waals surface area contributed by atoms with Crippen LogP contribution in [0.5, 0.6) is 0 Å². The van der Waals surface area contributed by atoms with Gasteiger partial charge in [-0.25, -0.2) is 9.97 Å². The van der Waals surface area contributed by atoms with Gasteiger partial charge in [-0.1, -0.05) is 6.07 Å². The predicted molar refractivity (Wildman–Crippen MR) is 104 cm³/mol. The minimum absolute atomic E-state index is 0.0519. The minimum Gasteiger partial charge on any atom is -0.363 e. The van der Waals surface area contributed by atoms with Gasteiger partial charge in [-0.3, -0.25) is 14.5 Å². The van der Waals surface area contributed by atoms with Gasteiger partial charge < -0.3 is 21.0 Å². The Kier molecular flexibility index (Phi) is 5.07. The number of carbonyl (C=O) groups is 2. The second-order valence-electron chi connectivity index (χ2n) is 7.14. The van der Waals surface area contributed by atoms with E-state index in [-0.39, 0.29) is 11.7 Å². The highest BCUT2D eigenvalue weighted by Gasteiger charge is 2.22. The lowest BCUT2D eigenvalue weighted by atomic mass is 9.98. The Morgan fingerprint density at radius 3 is 3.04 bits per heavy atom. The number of primary amides is 1. The summed E-state index contributed by atoms with van der Waals surface area (Å²) in [6, 6.07) is 5.22. The molecular weight excluding hydrogens is 358 g/mol. The molecule has 0 aliphatic carbocycles. The van der Waals surface area contributed by atoms with Gasteiger partial charge in [-0.05, 0) is 37.4 Å². The molecule has 1 aromatic carbocycles. The Balaban J connectivity index is 1.39. The number of likely N-dealkylation sites (tertiary alicyclic amines) is 1. The molecule has 0 spiro atoms. The van der Waals surface area contributed by atoms with Gasteiger partial charge >= 0.3 is 0 Å². The number of imidazole rings is 2. The average molecular weight is 381 g/mol. The van der Waals surface area contributed by atoms with E-state index in [2.05, 4.69) is 30.2 Å². The van der Waals surface area contributed by atoms with Gasteiger partial charge in [0.1, 0.15) is 11.3 Å². The molecule has 1 aliphatic heterocycles. The molecule has 0 saturated carbocycles. The van der Waals surface area contributed by atoms with Crippen molar-refractivity contribution < 1.29 is 9.59 Å². The number of rotatable bonds is 6. The Hall–Kier alpha value is -3.20. The van der Waals surface area contributed by atoms with Crippen molar-refractivity contribution >= 4 is 22.8 Å². The van der Waals surface area contributed by atoms with Crippen molar-refractivity contribution in [2.45, 2.75) is 19.4 Å². The van der Waals surface area contributed by atoms with Crippen molar-refractivity contribution in [3.63, 3.8) is 0 Å². The molecule has 9 heteroatoms. The lowest BCUT2D eigenvalue weighted by Gasteiger charge is -2.32. The van der Waals surface area contributed by atoms with Crippen LogP contribution in [0.2, 0.25) is 0 Å². The molecule has 4 rings (SSSR count). The fraction of sp³-hybridized carbons (Fsp3) is 0.368. The van der Waals surface area contributed by atoms with Crippen LogP contribution in [-0.4, -0.2) is 56.3 Å². The van der Waals surface area contributed by atoms with Crippen LogP contribution in [-0.2, 0) is 6.54 Å². The number of aromatic amines is 2. The standard InChI is InChI=1S/C19H23N7O2/c20-17(27)18-24-14-5-1-4-13(16(14)25-18)19(28)23-9-12-3-2-8-26(10-12)11-15-21-6-7-22-15/h1,4-7,12H,2-3,8-11H2,(H2,20,27)(H,21,22)(H,23,28)(H,24,25). The molecule has 1 unspecified atom stereocenters. The van der Waals surface area contributed by atoms with Gasteiger partial charge in [0.05, 0.1) is 17.6 Å². The number of carbonyl (C=O) groups excluding carboxylic acids is 2. The summed E-state index contributed by atoms with van der Waals surface area (Å²) in [5, 5.41) is 3.02. The molecule has 1 aliphatic rings. The molecule has 0 bridgehead atoms. The zero-order valence-corrected chi connectivity index (χ0v) is 15.4. The van der Waals surface area contributed by atoms with E-state index in [1.807, 2.05) is 6.20 Å². The van der Waals surface area contributed by atoms with Gasteiger partial charge in [0.25, 0.3) is 11.8 Å². The molecule has 0 radical (unpaired) electrons. The van der Waals surface area contributed by atoms with Gasteiger partial charge in [-0.2, -0.15) is 0 Å². The molecule has 28 heavy (non-hydrogen) atoms. The van der Waals surface area contributed by atoms with Crippen molar-refractivity contribution in [2.75, 3.05) is 19.6 Å². The van der Waals surface area contributed by atoms with Gasteiger partial charge in [-0.15, -0.1) is 0 Å². The van der Waals surface area contributed by atoms with Crippen LogP contribution in [0.15, 0.2) is 30.6 Å².